The molecule has 1 aliphatic carbocycles. The predicted octanol–water partition coefficient (Wildman–Crippen LogP) is 3.14. The van der Waals surface area contributed by atoms with Crippen LogP contribution in [0.3, 0.4) is 0 Å². The Morgan fingerprint density at radius 1 is 1.19 bits per heavy atom. The smallest absolute Gasteiger partial charge is 0.135 e. The van der Waals surface area contributed by atoms with Crippen LogP contribution < -0.4 is 10.6 Å². The van der Waals surface area contributed by atoms with Crippen LogP contribution in [0.2, 0.25) is 0 Å². The van der Waals surface area contributed by atoms with Gasteiger partial charge in [0.1, 0.15) is 17.5 Å². The zero-order valence-electron chi connectivity index (χ0n) is 13.4. The molecule has 5 nitrogen and oxygen atoms in total. The van der Waals surface area contributed by atoms with Gasteiger partial charge in [-0.1, -0.05) is 33.1 Å². The molecule has 0 spiro atoms. The summed E-state index contributed by atoms with van der Waals surface area (Å²) in [5.74, 6) is 2.78. The van der Waals surface area contributed by atoms with E-state index in [9.17, 15) is 5.11 Å². The largest absolute Gasteiger partial charge is 0.391 e. The van der Waals surface area contributed by atoms with Gasteiger partial charge in [-0.15, -0.1) is 0 Å². The first-order valence-corrected chi connectivity index (χ1v) is 8.17. The van der Waals surface area contributed by atoms with Gasteiger partial charge in [0.25, 0.3) is 0 Å². The van der Waals surface area contributed by atoms with E-state index >= 15 is 0 Å². The van der Waals surface area contributed by atoms with Gasteiger partial charge in [-0.3, -0.25) is 0 Å². The van der Waals surface area contributed by atoms with E-state index in [0.717, 1.165) is 49.7 Å². The Morgan fingerprint density at radius 3 is 2.62 bits per heavy atom. The quantitative estimate of drug-likeness (QED) is 0.727. The summed E-state index contributed by atoms with van der Waals surface area (Å²) >= 11 is 0. The molecule has 1 saturated carbocycles. The Kier molecular flexibility index (Phi) is 5.79. The third-order valence-electron chi connectivity index (χ3n) is 3.93. The van der Waals surface area contributed by atoms with Crippen molar-refractivity contribution in [2.75, 3.05) is 17.2 Å². The highest BCUT2D eigenvalue weighted by Crippen LogP contribution is 2.23. The zero-order chi connectivity index (χ0) is 15.2. The second kappa shape index (κ2) is 7.59. The lowest BCUT2D eigenvalue weighted by atomic mass is 10.1. The molecule has 21 heavy (non-hydrogen) atoms. The molecule has 2 rings (SSSR count). The molecule has 118 valence electrons. The second-order valence-electron chi connectivity index (χ2n) is 6.14. The van der Waals surface area contributed by atoms with Gasteiger partial charge in [-0.05, 0) is 19.8 Å². The van der Waals surface area contributed by atoms with Crippen LogP contribution in [-0.4, -0.2) is 33.8 Å². The van der Waals surface area contributed by atoms with Gasteiger partial charge in [0, 0.05) is 18.5 Å². The molecule has 1 aliphatic rings. The van der Waals surface area contributed by atoms with E-state index in [-0.39, 0.29) is 18.1 Å². The average molecular weight is 292 g/mol. The number of hydrogen-bond acceptors (Lipinski definition) is 5. The van der Waals surface area contributed by atoms with Gasteiger partial charge in [0.2, 0.25) is 0 Å². The first-order chi connectivity index (χ1) is 10.1. The molecule has 1 aromatic rings. The highest BCUT2D eigenvalue weighted by Gasteiger charge is 2.22. The highest BCUT2D eigenvalue weighted by molar-refractivity contribution is 5.48. The molecule has 1 fully saturated rings. The van der Waals surface area contributed by atoms with Crippen LogP contribution >= 0.6 is 0 Å². The Morgan fingerprint density at radius 2 is 1.90 bits per heavy atom. The Balaban J connectivity index is 2.17. The van der Waals surface area contributed by atoms with Crippen molar-refractivity contribution in [3.8, 4) is 0 Å². The lowest BCUT2D eigenvalue weighted by Crippen LogP contribution is -2.33. The third-order valence-corrected chi connectivity index (χ3v) is 3.93. The molecule has 0 saturated heterocycles. The molecular formula is C16H28N4O. The maximum atomic E-state index is 10.2. The number of aromatic nitrogens is 2. The van der Waals surface area contributed by atoms with Crippen LogP contribution in [0.5, 0.6) is 0 Å². The first-order valence-electron chi connectivity index (χ1n) is 8.17. The van der Waals surface area contributed by atoms with E-state index in [1.165, 1.54) is 6.42 Å². The molecule has 0 aliphatic heterocycles. The predicted molar refractivity (Wildman–Crippen MR) is 86.8 cm³/mol. The van der Waals surface area contributed by atoms with E-state index in [1.54, 1.807) is 0 Å². The van der Waals surface area contributed by atoms with Gasteiger partial charge in [-0.2, -0.15) is 0 Å². The first kappa shape index (κ1) is 16.0. The van der Waals surface area contributed by atoms with E-state index < -0.39 is 0 Å². The summed E-state index contributed by atoms with van der Waals surface area (Å²) < 4.78 is 0. The second-order valence-corrected chi connectivity index (χ2v) is 6.14. The van der Waals surface area contributed by atoms with Crippen molar-refractivity contribution in [1.29, 1.82) is 0 Å². The summed E-state index contributed by atoms with van der Waals surface area (Å²) in [4.78, 5) is 9.13. The zero-order valence-corrected chi connectivity index (χ0v) is 13.4. The summed E-state index contributed by atoms with van der Waals surface area (Å²) in [6.45, 7) is 7.07. The fourth-order valence-corrected chi connectivity index (χ4v) is 2.72. The molecule has 0 aromatic carbocycles. The topological polar surface area (TPSA) is 70.1 Å². The fraction of sp³-hybridized carbons (Fsp3) is 0.750. The molecule has 1 aromatic heterocycles. The van der Waals surface area contributed by atoms with Crippen LogP contribution in [0.25, 0.3) is 0 Å². The average Bonchev–Trinajstić information content (AvgIpc) is 2.64. The van der Waals surface area contributed by atoms with Crippen LogP contribution in [0.4, 0.5) is 11.6 Å². The summed E-state index contributed by atoms with van der Waals surface area (Å²) in [6, 6.07) is 2.03. The maximum Gasteiger partial charge on any atom is 0.135 e. The highest BCUT2D eigenvalue weighted by atomic mass is 16.3. The van der Waals surface area contributed by atoms with Crippen molar-refractivity contribution >= 4 is 11.6 Å². The van der Waals surface area contributed by atoms with E-state index in [4.69, 9.17) is 0 Å². The SMILES string of the molecule is CCNc1cc(NC2CCCCCC2O)nc(C(C)C)n1. The minimum atomic E-state index is -0.285. The standard InChI is InChI=1S/C16H28N4O/c1-4-17-14-10-15(20-16(19-14)11(2)3)18-12-8-6-5-7-9-13(12)21/h10-13,21H,4-9H2,1-3H3,(H2,17,18,19,20). The number of nitrogens with zero attached hydrogens (tertiary/aromatic N) is 2. The molecule has 0 bridgehead atoms. The molecule has 0 radical (unpaired) electrons. The number of nitrogens with one attached hydrogen (secondary N) is 2. The van der Waals surface area contributed by atoms with Crippen LogP contribution in [0, 0.1) is 0 Å². The summed E-state index contributed by atoms with van der Waals surface area (Å²) in [5, 5.41) is 16.9. The monoisotopic (exact) mass is 292 g/mol. The minimum absolute atomic E-state index is 0.0943. The number of aliphatic hydroxyl groups excluding tert-OH is 1. The van der Waals surface area contributed by atoms with Crippen molar-refractivity contribution < 1.29 is 5.11 Å². The number of hydrogen-bond donors (Lipinski definition) is 3. The van der Waals surface area contributed by atoms with Gasteiger partial charge in [0.05, 0.1) is 12.1 Å². The number of aliphatic hydroxyl groups is 1. The van der Waals surface area contributed by atoms with E-state index in [0.29, 0.717) is 0 Å². The third kappa shape index (κ3) is 4.56. The molecule has 0 amide bonds. The van der Waals surface area contributed by atoms with Gasteiger partial charge in [-0.25, -0.2) is 9.97 Å². The fourth-order valence-electron chi connectivity index (χ4n) is 2.72. The Hall–Kier alpha value is -1.36. The van der Waals surface area contributed by atoms with Gasteiger partial charge < -0.3 is 15.7 Å². The number of anilines is 2. The molecular weight excluding hydrogens is 264 g/mol. The normalized spacial score (nSPS) is 22.9. The lowest BCUT2D eigenvalue weighted by molar-refractivity contribution is 0.144. The van der Waals surface area contributed by atoms with Crippen molar-refractivity contribution in [3.63, 3.8) is 0 Å². The summed E-state index contributed by atoms with van der Waals surface area (Å²) in [6.07, 6.45) is 5.07. The lowest BCUT2D eigenvalue weighted by Gasteiger charge is -2.23. The van der Waals surface area contributed by atoms with Gasteiger partial charge >= 0.3 is 0 Å². The Bertz CT molecular complexity index is 450. The summed E-state index contributed by atoms with van der Waals surface area (Å²) in [5.41, 5.74) is 0. The van der Waals surface area contributed by atoms with Crippen molar-refractivity contribution in [1.82, 2.24) is 9.97 Å². The number of rotatable bonds is 5. The van der Waals surface area contributed by atoms with Crippen LogP contribution in [0.15, 0.2) is 6.07 Å². The molecule has 1 heterocycles. The molecule has 2 unspecified atom stereocenters. The molecule has 5 heteroatoms. The van der Waals surface area contributed by atoms with Crippen LogP contribution in [-0.2, 0) is 0 Å². The van der Waals surface area contributed by atoms with E-state index in [2.05, 4.69) is 41.4 Å². The van der Waals surface area contributed by atoms with Crippen molar-refractivity contribution in [2.45, 2.75) is 70.9 Å². The Labute approximate surface area is 127 Å². The van der Waals surface area contributed by atoms with Crippen molar-refractivity contribution in [2.24, 2.45) is 0 Å². The molecule has 2 atom stereocenters. The molecule has 3 N–H and O–H groups in total. The van der Waals surface area contributed by atoms with E-state index in [1.807, 2.05) is 6.07 Å². The van der Waals surface area contributed by atoms with Gasteiger partial charge in [0.15, 0.2) is 0 Å². The maximum absolute atomic E-state index is 10.2. The minimum Gasteiger partial charge on any atom is -0.391 e. The summed E-state index contributed by atoms with van der Waals surface area (Å²) in [7, 11) is 0. The van der Waals surface area contributed by atoms with Crippen LogP contribution in [0.1, 0.15) is 64.6 Å². The van der Waals surface area contributed by atoms with Crippen molar-refractivity contribution in [3.05, 3.63) is 11.9 Å².